The van der Waals surface area contributed by atoms with Crippen LogP contribution in [0.15, 0.2) is 42.9 Å². The molecule has 1 aliphatic heterocycles. The Hall–Kier alpha value is -2.88. The number of nitrogens with zero attached hydrogens (tertiary/aromatic N) is 5. The first kappa shape index (κ1) is 17.2. The molecular formula is C19H16N5O3S-. The van der Waals surface area contributed by atoms with E-state index in [0.29, 0.717) is 31.0 Å². The average molecular weight is 394 g/mol. The second kappa shape index (κ2) is 6.62. The highest BCUT2D eigenvalue weighted by Crippen LogP contribution is 2.28. The smallest absolute Gasteiger partial charge is 0.215 e. The predicted octanol–water partition coefficient (Wildman–Crippen LogP) is 2.13. The minimum Gasteiger partial charge on any atom is -0.760 e. The van der Waals surface area contributed by atoms with Crippen LogP contribution in [0.4, 0.5) is 0 Å². The van der Waals surface area contributed by atoms with Crippen LogP contribution in [0, 0.1) is 0 Å². The molecule has 0 amide bonds. The number of hydrogen-bond donors (Lipinski definition) is 0. The molecule has 8 nitrogen and oxygen atoms in total. The van der Waals surface area contributed by atoms with E-state index in [1.165, 1.54) is 9.87 Å². The molecule has 9 heteroatoms. The number of rotatable bonds is 3. The summed E-state index contributed by atoms with van der Waals surface area (Å²) in [5, 5.41) is 0.871. The van der Waals surface area contributed by atoms with Crippen LogP contribution in [0.25, 0.3) is 27.8 Å². The number of benzene rings is 1. The summed E-state index contributed by atoms with van der Waals surface area (Å²) in [6, 6.07) is 9.85. The Kier molecular flexibility index (Phi) is 4.08. The van der Waals surface area contributed by atoms with E-state index in [2.05, 4.69) is 21.0 Å². The number of pyridine rings is 2. The van der Waals surface area contributed by atoms with Crippen molar-refractivity contribution in [3.63, 3.8) is 0 Å². The molecular weight excluding hydrogens is 378 g/mol. The zero-order chi connectivity index (χ0) is 19.3. The van der Waals surface area contributed by atoms with Crippen molar-refractivity contribution in [2.24, 2.45) is 0 Å². The Bertz CT molecular complexity index is 1240. The first-order chi connectivity index (χ1) is 13.6. The molecule has 3 aromatic heterocycles. The molecule has 1 unspecified atom stereocenters. The Morgan fingerprint density at radius 1 is 1.18 bits per heavy atom. The van der Waals surface area contributed by atoms with Crippen LogP contribution >= 0.6 is 0 Å². The molecule has 28 heavy (non-hydrogen) atoms. The lowest BCUT2D eigenvalue weighted by molar-refractivity contribution is 0.370. The van der Waals surface area contributed by atoms with Crippen molar-refractivity contribution in [1.29, 1.82) is 0 Å². The van der Waals surface area contributed by atoms with Gasteiger partial charge in [-0.1, -0.05) is 6.07 Å². The summed E-state index contributed by atoms with van der Waals surface area (Å²) in [6.07, 6.45) is 4.16. The van der Waals surface area contributed by atoms with E-state index in [-0.39, 0.29) is 0 Å². The van der Waals surface area contributed by atoms with Crippen LogP contribution in [0.1, 0.15) is 11.1 Å². The van der Waals surface area contributed by atoms with Crippen molar-refractivity contribution in [3.8, 4) is 11.6 Å². The monoisotopic (exact) mass is 394 g/mol. The zero-order valence-corrected chi connectivity index (χ0v) is 15.8. The molecule has 142 valence electrons. The maximum absolute atomic E-state index is 11.3. The summed E-state index contributed by atoms with van der Waals surface area (Å²) in [5.74, 6) is 0.505. The predicted molar refractivity (Wildman–Crippen MR) is 104 cm³/mol. The van der Waals surface area contributed by atoms with Gasteiger partial charge >= 0.3 is 0 Å². The molecule has 5 rings (SSSR count). The second-order valence-electron chi connectivity index (χ2n) is 6.62. The van der Waals surface area contributed by atoms with Gasteiger partial charge in [-0.05, 0) is 35.7 Å². The largest absolute Gasteiger partial charge is 0.760 e. The number of methoxy groups -OCH3 is 1. The molecule has 1 atom stereocenters. The van der Waals surface area contributed by atoms with Crippen molar-refractivity contribution in [1.82, 2.24) is 23.8 Å². The Morgan fingerprint density at radius 3 is 2.89 bits per heavy atom. The molecule has 4 aromatic rings. The van der Waals surface area contributed by atoms with Crippen molar-refractivity contribution in [3.05, 3.63) is 54.0 Å². The molecule has 0 saturated heterocycles. The summed E-state index contributed by atoms with van der Waals surface area (Å²) < 4.78 is 31.3. The normalized spacial score (nSPS) is 15.6. The summed E-state index contributed by atoms with van der Waals surface area (Å²) in [6.45, 7) is 0.896. The Balaban J connectivity index is 1.66. The van der Waals surface area contributed by atoms with Crippen molar-refractivity contribution < 1.29 is 13.5 Å². The summed E-state index contributed by atoms with van der Waals surface area (Å²) >= 11 is -2.21. The van der Waals surface area contributed by atoms with Gasteiger partial charge < -0.3 is 9.29 Å². The van der Waals surface area contributed by atoms with E-state index in [1.54, 1.807) is 25.7 Å². The number of ether oxygens (including phenoxy) is 1. The summed E-state index contributed by atoms with van der Waals surface area (Å²) in [7, 11) is 1.57. The third-order valence-electron chi connectivity index (χ3n) is 5.07. The van der Waals surface area contributed by atoms with Crippen molar-refractivity contribution in [2.45, 2.75) is 13.0 Å². The third kappa shape index (κ3) is 2.75. The van der Waals surface area contributed by atoms with Gasteiger partial charge in [-0.2, -0.15) is 4.98 Å². The van der Waals surface area contributed by atoms with Gasteiger partial charge in [-0.3, -0.25) is 8.78 Å². The fraction of sp³-hybridized carbons (Fsp3) is 0.211. The lowest BCUT2D eigenvalue weighted by atomic mass is 10.0. The fourth-order valence-corrected chi connectivity index (χ4v) is 4.15. The Morgan fingerprint density at radius 2 is 2.07 bits per heavy atom. The minimum absolute atomic E-state index is 0.382. The van der Waals surface area contributed by atoms with Crippen LogP contribution in [0.5, 0.6) is 5.88 Å². The molecule has 0 N–H and O–H groups in total. The highest BCUT2D eigenvalue weighted by atomic mass is 32.2. The lowest BCUT2D eigenvalue weighted by Gasteiger charge is -2.30. The molecule has 1 aliphatic rings. The van der Waals surface area contributed by atoms with Crippen LogP contribution in [-0.4, -0.2) is 46.2 Å². The number of imidazole rings is 1. The van der Waals surface area contributed by atoms with Gasteiger partial charge in [0.25, 0.3) is 0 Å². The van der Waals surface area contributed by atoms with Crippen LogP contribution in [-0.2, 0) is 24.2 Å². The lowest BCUT2D eigenvalue weighted by Crippen LogP contribution is -2.32. The van der Waals surface area contributed by atoms with Gasteiger partial charge in [0.1, 0.15) is 11.8 Å². The maximum atomic E-state index is 11.3. The fourth-order valence-electron chi connectivity index (χ4n) is 3.67. The zero-order valence-electron chi connectivity index (χ0n) is 15.0. The van der Waals surface area contributed by atoms with E-state index >= 15 is 0 Å². The Labute approximate surface area is 163 Å². The summed E-state index contributed by atoms with van der Waals surface area (Å²) in [5.41, 5.74) is 5.35. The van der Waals surface area contributed by atoms with Crippen molar-refractivity contribution in [2.75, 3.05) is 13.7 Å². The van der Waals surface area contributed by atoms with Gasteiger partial charge in [-0.25, -0.2) is 14.3 Å². The number of fused-ring (bicyclic) bond motifs is 4. The highest BCUT2D eigenvalue weighted by molar-refractivity contribution is 7.76. The standard InChI is InChI=1S/C19H17N5O3S/c1-27-17-5-4-15-18-16(9-20-19(15)22-17)21-11-24(18)14-3-2-12-6-7-23(28(25)26)10-13(12)8-14/h2-5,8-9,11H,6-7,10H2,1H3,(H,25,26)/p-1. The number of aromatic nitrogens is 4. The van der Waals surface area contributed by atoms with E-state index in [9.17, 15) is 8.76 Å². The minimum atomic E-state index is -2.21. The van der Waals surface area contributed by atoms with Crippen LogP contribution in [0.3, 0.4) is 0 Å². The second-order valence-corrected chi connectivity index (χ2v) is 7.57. The van der Waals surface area contributed by atoms with Gasteiger partial charge in [0.15, 0.2) is 5.65 Å². The maximum Gasteiger partial charge on any atom is 0.215 e. The molecule has 0 saturated carbocycles. The average Bonchev–Trinajstić information content (AvgIpc) is 3.17. The van der Waals surface area contributed by atoms with Gasteiger partial charge in [0.05, 0.1) is 18.8 Å². The van der Waals surface area contributed by atoms with E-state index in [1.807, 2.05) is 22.8 Å². The van der Waals surface area contributed by atoms with Crippen molar-refractivity contribution >= 4 is 33.3 Å². The van der Waals surface area contributed by atoms with Gasteiger partial charge in [0.2, 0.25) is 5.88 Å². The first-order valence-electron chi connectivity index (χ1n) is 8.77. The van der Waals surface area contributed by atoms with Crippen LogP contribution in [0.2, 0.25) is 0 Å². The molecule has 1 aromatic carbocycles. The number of hydrogen-bond acceptors (Lipinski definition) is 6. The van der Waals surface area contributed by atoms with E-state index in [4.69, 9.17) is 4.74 Å². The summed E-state index contributed by atoms with van der Waals surface area (Å²) in [4.78, 5) is 13.3. The van der Waals surface area contributed by atoms with Gasteiger partial charge in [-0.15, -0.1) is 0 Å². The van der Waals surface area contributed by atoms with Crippen LogP contribution < -0.4 is 4.74 Å². The molecule has 0 bridgehead atoms. The third-order valence-corrected chi connectivity index (χ3v) is 5.81. The highest BCUT2D eigenvalue weighted by Gasteiger charge is 2.18. The topological polar surface area (TPSA) is 96.2 Å². The SMILES string of the molecule is COc1ccc2c(ncc3ncn(-c4ccc5c(c4)CN(S(=O)[O-])CC5)c32)n1. The quantitative estimate of drug-likeness (QED) is 0.494. The molecule has 0 radical (unpaired) electrons. The molecule has 0 aliphatic carbocycles. The molecule has 4 heterocycles. The molecule has 0 spiro atoms. The van der Waals surface area contributed by atoms with E-state index < -0.39 is 11.3 Å². The molecule has 0 fully saturated rings. The van der Waals surface area contributed by atoms with Gasteiger partial charge in [0, 0.05) is 41.5 Å². The first-order valence-corrected chi connectivity index (χ1v) is 9.80. The van der Waals surface area contributed by atoms with E-state index in [0.717, 1.165) is 27.7 Å².